The molecule has 0 radical (unpaired) electrons. The van der Waals surface area contributed by atoms with Gasteiger partial charge in [-0.1, -0.05) is 18.2 Å². The lowest BCUT2D eigenvalue weighted by Gasteiger charge is -2.10. The fourth-order valence-electron chi connectivity index (χ4n) is 1.78. The summed E-state index contributed by atoms with van der Waals surface area (Å²) in [7, 11) is 0. The number of aromatic amines is 1. The quantitative estimate of drug-likeness (QED) is 0.773. The lowest BCUT2D eigenvalue weighted by atomic mass is 10.1. The molecule has 0 aliphatic heterocycles. The Balaban J connectivity index is 2.80. The van der Waals surface area contributed by atoms with Crippen LogP contribution in [0.5, 0.6) is 0 Å². The maximum atomic E-state index is 12.8. The summed E-state index contributed by atoms with van der Waals surface area (Å²) in [5, 5.41) is 9.43. The third-order valence-electron chi connectivity index (χ3n) is 2.44. The first kappa shape index (κ1) is 11.0. The van der Waals surface area contributed by atoms with Crippen molar-refractivity contribution in [2.24, 2.45) is 0 Å². The van der Waals surface area contributed by atoms with Gasteiger partial charge in [-0.05, 0) is 13.0 Å². The first-order valence-electron chi connectivity index (χ1n) is 4.77. The maximum Gasteiger partial charge on any atom is 0.418 e. The number of H-pyrrole nitrogens is 1. The second-order valence-corrected chi connectivity index (χ2v) is 3.63. The van der Waals surface area contributed by atoms with E-state index >= 15 is 0 Å². The van der Waals surface area contributed by atoms with Crippen LogP contribution >= 0.6 is 0 Å². The molecule has 0 aliphatic rings. The summed E-state index contributed by atoms with van der Waals surface area (Å²) in [6.45, 7) is 1.31. The molecule has 2 rings (SSSR count). The van der Waals surface area contributed by atoms with Crippen LogP contribution in [0.15, 0.2) is 24.3 Å². The number of alkyl halides is 3. The molecule has 1 aromatic carbocycles. The van der Waals surface area contributed by atoms with E-state index in [9.17, 15) is 18.3 Å². The van der Waals surface area contributed by atoms with Gasteiger partial charge in [-0.15, -0.1) is 0 Å². The number of aromatic nitrogens is 1. The van der Waals surface area contributed by atoms with Crippen LogP contribution in [-0.2, 0) is 6.18 Å². The molecule has 2 N–H and O–H groups in total. The molecule has 0 saturated carbocycles. The van der Waals surface area contributed by atoms with Crippen molar-refractivity contribution >= 4 is 10.9 Å². The van der Waals surface area contributed by atoms with E-state index in [0.717, 1.165) is 0 Å². The Morgan fingerprint density at radius 1 is 1.25 bits per heavy atom. The van der Waals surface area contributed by atoms with Gasteiger partial charge < -0.3 is 10.1 Å². The topological polar surface area (TPSA) is 36.0 Å². The molecule has 1 aromatic heterocycles. The van der Waals surface area contributed by atoms with Crippen molar-refractivity contribution < 1.29 is 18.3 Å². The van der Waals surface area contributed by atoms with E-state index in [-0.39, 0.29) is 11.1 Å². The number of hydrogen-bond acceptors (Lipinski definition) is 1. The van der Waals surface area contributed by atoms with Crippen molar-refractivity contribution in [1.29, 1.82) is 0 Å². The van der Waals surface area contributed by atoms with Crippen LogP contribution in [0.4, 0.5) is 13.2 Å². The molecule has 0 bridgehead atoms. The SMILES string of the molecule is CC(O)c1[nH]c2ccccc2c1C(F)(F)F. The summed E-state index contributed by atoms with van der Waals surface area (Å²) in [6, 6.07) is 6.12. The van der Waals surface area contributed by atoms with Gasteiger partial charge in [0.05, 0.1) is 17.4 Å². The Hall–Kier alpha value is -1.49. The average molecular weight is 229 g/mol. The zero-order valence-electron chi connectivity index (χ0n) is 8.47. The number of nitrogens with one attached hydrogen (secondary N) is 1. The first-order chi connectivity index (χ1) is 7.41. The minimum Gasteiger partial charge on any atom is -0.387 e. The van der Waals surface area contributed by atoms with Crippen LogP contribution in [0.1, 0.15) is 24.3 Å². The van der Waals surface area contributed by atoms with E-state index in [0.29, 0.717) is 5.52 Å². The normalized spacial score (nSPS) is 14.3. The highest BCUT2D eigenvalue weighted by molar-refractivity contribution is 5.85. The van der Waals surface area contributed by atoms with E-state index < -0.39 is 17.8 Å². The fraction of sp³-hybridized carbons (Fsp3) is 0.273. The number of aliphatic hydroxyl groups is 1. The van der Waals surface area contributed by atoms with E-state index in [1.54, 1.807) is 12.1 Å². The Morgan fingerprint density at radius 2 is 1.88 bits per heavy atom. The summed E-state index contributed by atoms with van der Waals surface area (Å²) in [4.78, 5) is 2.60. The molecule has 0 spiro atoms. The molecule has 86 valence electrons. The van der Waals surface area contributed by atoms with Crippen LogP contribution in [0.2, 0.25) is 0 Å². The van der Waals surface area contributed by atoms with Gasteiger partial charge in [0.2, 0.25) is 0 Å². The number of rotatable bonds is 1. The molecule has 0 amide bonds. The summed E-state index contributed by atoms with van der Waals surface area (Å²) >= 11 is 0. The van der Waals surface area contributed by atoms with Crippen LogP contribution < -0.4 is 0 Å². The molecule has 2 nitrogen and oxygen atoms in total. The number of hydrogen-bond donors (Lipinski definition) is 2. The first-order valence-corrected chi connectivity index (χ1v) is 4.77. The highest BCUT2D eigenvalue weighted by atomic mass is 19.4. The van der Waals surface area contributed by atoms with Gasteiger partial charge >= 0.3 is 6.18 Å². The number of fused-ring (bicyclic) bond motifs is 1. The molecule has 0 saturated heterocycles. The van der Waals surface area contributed by atoms with Crippen molar-refractivity contribution in [2.45, 2.75) is 19.2 Å². The summed E-state index contributed by atoms with van der Waals surface area (Å²) in [5.74, 6) is 0. The number of para-hydroxylation sites is 1. The van der Waals surface area contributed by atoms with Crippen molar-refractivity contribution in [3.8, 4) is 0 Å². The fourth-order valence-corrected chi connectivity index (χ4v) is 1.78. The highest BCUT2D eigenvalue weighted by Crippen LogP contribution is 2.39. The molecule has 1 atom stereocenters. The molecule has 0 aliphatic carbocycles. The van der Waals surface area contributed by atoms with Crippen molar-refractivity contribution in [3.63, 3.8) is 0 Å². The molecular formula is C11H10F3NO. The van der Waals surface area contributed by atoms with E-state index in [2.05, 4.69) is 4.98 Å². The third kappa shape index (κ3) is 1.67. The molecule has 0 fully saturated rings. The second-order valence-electron chi connectivity index (χ2n) is 3.63. The number of aliphatic hydroxyl groups excluding tert-OH is 1. The highest BCUT2D eigenvalue weighted by Gasteiger charge is 2.37. The zero-order valence-corrected chi connectivity index (χ0v) is 8.47. The van der Waals surface area contributed by atoms with E-state index in [1.807, 2.05) is 0 Å². The van der Waals surface area contributed by atoms with E-state index in [1.165, 1.54) is 19.1 Å². The lowest BCUT2D eigenvalue weighted by molar-refractivity contribution is -0.137. The second kappa shape index (κ2) is 3.52. The van der Waals surface area contributed by atoms with Crippen LogP contribution in [0.25, 0.3) is 10.9 Å². The molecule has 16 heavy (non-hydrogen) atoms. The van der Waals surface area contributed by atoms with Gasteiger partial charge in [0.25, 0.3) is 0 Å². The monoisotopic (exact) mass is 229 g/mol. The third-order valence-corrected chi connectivity index (χ3v) is 2.44. The zero-order chi connectivity index (χ0) is 11.9. The Labute approximate surface area is 89.7 Å². The number of benzene rings is 1. The van der Waals surface area contributed by atoms with Gasteiger partial charge in [-0.2, -0.15) is 13.2 Å². The van der Waals surface area contributed by atoms with Gasteiger partial charge in [-0.3, -0.25) is 0 Å². The van der Waals surface area contributed by atoms with Crippen LogP contribution in [0.3, 0.4) is 0 Å². The molecule has 1 unspecified atom stereocenters. The summed E-state index contributed by atoms with van der Waals surface area (Å²) in [5.41, 5.74) is -0.586. The predicted octanol–water partition coefficient (Wildman–Crippen LogP) is 3.24. The molecular weight excluding hydrogens is 219 g/mol. The Morgan fingerprint density at radius 3 is 2.44 bits per heavy atom. The lowest BCUT2D eigenvalue weighted by Crippen LogP contribution is -2.09. The van der Waals surface area contributed by atoms with Gasteiger partial charge in [0.15, 0.2) is 0 Å². The summed E-state index contributed by atoms with van der Waals surface area (Å²) < 4.78 is 38.5. The number of halogens is 3. The van der Waals surface area contributed by atoms with Crippen molar-refractivity contribution in [3.05, 3.63) is 35.5 Å². The van der Waals surface area contributed by atoms with Crippen molar-refractivity contribution in [1.82, 2.24) is 4.98 Å². The Kier molecular flexibility index (Phi) is 2.42. The van der Waals surface area contributed by atoms with Crippen LogP contribution in [0, 0.1) is 0 Å². The minimum absolute atomic E-state index is 0.0888. The smallest absolute Gasteiger partial charge is 0.387 e. The largest absolute Gasteiger partial charge is 0.418 e. The van der Waals surface area contributed by atoms with E-state index in [4.69, 9.17) is 0 Å². The Bertz CT molecular complexity index is 513. The average Bonchev–Trinajstić information content (AvgIpc) is 2.55. The summed E-state index contributed by atoms with van der Waals surface area (Å²) in [6.07, 6.45) is -5.64. The van der Waals surface area contributed by atoms with Gasteiger partial charge in [0, 0.05) is 10.9 Å². The molecule has 1 heterocycles. The predicted molar refractivity (Wildman–Crippen MR) is 53.9 cm³/mol. The minimum atomic E-state index is -4.47. The van der Waals surface area contributed by atoms with Crippen LogP contribution in [-0.4, -0.2) is 10.1 Å². The van der Waals surface area contributed by atoms with Gasteiger partial charge in [0.1, 0.15) is 0 Å². The maximum absolute atomic E-state index is 12.8. The van der Waals surface area contributed by atoms with Crippen molar-refractivity contribution in [2.75, 3.05) is 0 Å². The molecule has 5 heteroatoms. The standard InChI is InChI=1S/C11H10F3NO/c1-6(16)10-9(11(12,13)14)7-4-2-3-5-8(7)15-10/h2-6,15-16H,1H3. The molecule has 2 aromatic rings. The van der Waals surface area contributed by atoms with Gasteiger partial charge in [-0.25, -0.2) is 0 Å².